The standard InChI is InChI=1S/C15H11BrN2O/c16-12-7-3-1-5-10(12)15-11-6-2-4-8-13(11)18-14(19)9-17-15/h1-8H,9H2,(H,18,19). The molecule has 0 aliphatic carbocycles. The molecule has 0 atom stereocenters. The Hall–Kier alpha value is -1.94. The molecule has 0 unspecified atom stereocenters. The third kappa shape index (κ3) is 2.31. The quantitative estimate of drug-likeness (QED) is 0.862. The van der Waals surface area contributed by atoms with Gasteiger partial charge in [0.25, 0.3) is 0 Å². The van der Waals surface area contributed by atoms with Gasteiger partial charge in [0.2, 0.25) is 5.91 Å². The lowest BCUT2D eigenvalue weighted by molar-refractivity contribution is -0.114. The molecule has 0 saturated heterocycles. The van der Waals surface area contributed by atoms with Gasteiger partial charge in [0.15, 0.2) is 0 Å². The van der Waals surface area contributed by atoms with Crippen LogP contribution in [0.15, 0.2) is 58.0 Å². The van der Waals surface area contributed by atoms with Crippen LogP contribution in [0.5, 0.6) is 0 Å². The second-order valence-corrected chi connectivity index (χ2v) is 5.09. The van der Waals surface area contributed by atoms with Crippen molar-refractivity contribution in [1.29, 1.82) is 0 Å². The molecule has 0 radical (unpaired) electrons. The number of anilines is 1. The Bertz CT molecular complexity index is 679. The van der Waals surface area contributed by atoms with Gasteiger partial charge in [0, 0.05) is 15.6 Å². The van der Waals surface area contributed by atoms with E-state index in [1.807, 2.05) is 48.5 Å². The molecule has 1 heterocycles. The topological polar surface area (TPSA) is 41.5 Å². The van der Waals surface area contributed by atoms with Crippen molar-refractivity contribution in [2.24, 2.45) is 4.99 Å². The molecule has 1 amide bonds. The largest absolute Gasteiger partial charge is 0.324 e. The summed E-state index contributed by atoms with van der Waals surface area (Å²) < 4.78 is 0.970. The van der Waals surface area contributed by atoms with Crippen molar-refractivity contribution in [3.8, 4) is 0 Å². The van der Waals surface area contributed by atoms with Gasteiger partial charge in [-0.25, -0.2) is 0 Å². The van der Waals surface area contributed by atoms with Crippen molar-refractivity contribution >= 4 is 33.2 Å². The van der Waals surface area contributed by atoms with Crippen LogP contribution in [0.3, 0.4) is 0 Å². The van der Waals surface area contributed by atoms with Gasteiger partial charge < -0.3 is 5.32 Å². The number of carbonyl (C=O) groups is 1. The number of aliphatic imine (C=N–C) groups is 1. The van der Waals surface area contributed by atoms with Gasteiger partial charge in [-0.1, -0.05) is 52.3 Å². The summed E-state index contributed by atoms with van der Waals surface area (Å²) in [6.45, 7) is 0.144. The molecule has 2 aromatic rings. The predicted octanol–water partition coefficient (Wildman–Crippen LogP) is 3.24. The van der Waals surface area contributed by atoms with E-state index in [0.717, 1.165) is 27.0 Å². The normalized spacial score (nSPS) is 14.2. The number of halogens is 1. The Morgan fingerprint density at radius 2 is 1.68 bits per heavy atom. The molecule has 4 heteroatoms. The highest BCUT2D eigenvalue weighted by Crippen LogP contribution is 2.26. The zero-order chi connectivity index (χ0) is 13.2. The number of benzene rings is 2. The van der Waals surface area contributed by atoms with Crippen LogP contribution < -0.4 is 5.32 Å². The highest BCUT2D eigenvalue weighted by molar-refractivity contribution is 9.10. The second-order valence-electron chi connectivity index (χ2n) is 4.24. The Morgan fingerprint density at radius 3 is 2.47 bits per heavy atom. The first-order valence-corrected chi connectivity index (χ1v) is 6.73. The Balaban J connectivity index is 2.21. The van der Waals surface area contributed by atoms with Crippen molar-refractivity contribution in [2.45, 2.75) is 0 Å². The molecule has 0 saturated carbocycles. The fourth-order valence-corrected chi connectivity index (χ4v) is 2.58. The van der Waals surface area contributed by atoms with Gasteiger partial charge in [0.05, 0.1) is 11.4 Å². The molecule has 19 heavy (non-hydrogen) atoms. The van der Waals surface area contributed by atoms with E-state index in [1.54, 1.807) is 0 Å². The minimum absolute atomic E-state index is 0.0884. The average Bonchev–Trinajstić information content (AvgIpc) is 2.58. The van der Waals surface area contributed by atoms with Crippen LogP contribution in [0.2, 0.25) is 0 Å². The van der Waals surface area contributed by atoms with E-state index in [9.17, 15) is 4.79 Å². The van der Waals surface area contributed by atoms with E-state index in [4.69, 9.17) is 0 Å². The van der Waals surface area contributed by atoms with E-state index < -0.39 is 0 Å². The summed E-state index contributed by atoms with van der Waals surface area (Å²) in [5.41, 5.74) is 3.58. The van der Waals surface area contributed by atoms with Gasteiger partial charge >= 0.3 is 0 Å². The molecule has 94 valence electrons. The minimum Gasteiger partial charge on any atom is -0.324 e. The number of fused-ring (bicyclic) bond motifs is 1. The van der Waals surface area contributed by atoms with E-state index in [1.165, 1.54) is 0 Å². The maximum absolute atomic E-state index is 11.7. The number of hydrogen-bond donors (Lipinski definition) is 1. The summed E-state index contributed by atoms with van der Waals surface area (Å²) in [7, 11) is 0. The van der Waals surface area contributed by atoms with Crippen molar-refractivity contribution in [3.63, 3.8) is 0 Å². The SMILES string of the molecule is O=C1CN=C(c2ccccc2Br)c2ccccc2N1. The van der Waals surface area contributed by atoms with Crippen molar-refractivity contribution in [3.05, 3.63) is 64.1 Å². The highest BCUT2D eigenvalue weighted by atomic mass is 79.9. The molecule has 0 bridgehead atoms. The van der Waals surface area contributed by atoms with E-state index in [0.29, 0.717) is 0 Å². The average molecular weight is 315 g/mol. The van der Waals surface area contributed by atoms with Crippen molar-refractivity contribution < 1.29 is 4.79 Å². The third-order valence-electron chi connectivity index (χ3n) is 2.97. The van der Waals surface area contributed by atoms with Gasteiger partial charge in [0.1, 0.15) is 6.54 Å². The minimum atomic E-state index is -0.0884. The first-order valence-electron chi connectivity index (χ1n) is 5.94. The van der Waals surface area contributed by atoms with Gasteiger partial charge in [-0.05, 0) is 12.1 Å². The Morgan fingerprint density at radius 1 is 1.00 bits per heavy atom. The molecular weight excluding hydrogens is 304 g/mol. The number of hydrogen-bond acceptors (Lipinski definition) is 2. The lowest BCUT2D eigenvalue weighted by atomic mass is 10.0. The molecule has 1 aliphatic rings. The second kappa shape index (κ2) is 4.97. The summed E-state index contributed by atoms with van der Waals surface area (Å²) in [5, 5.41) is 2.87. The number of carbonyl (C=O) groups excluding carboxylic acids is 1. The molecule has 2 aromatic carbocycles. The van der Waals surface area contributed by atoms with Crippen LogP contribution in [0.25, 0.3) is 0 Å². The van der Waals surface area contributed by atoms with Gasteiger partial charge in [-0.15, -0.1) is 0 Å². The van der Waals surface area contributed by atoms with Crippen LogP contribution >= 0.6 is 15.9 Å². The summed E-state index contributed by atoms with van der Waals surface area (Å²) in [6, 6.07) is 15.6. The number of benzodiazepines with no additional fused rings is 1. The van der Waals surface area contributed by atoms with Crippen molar-refractivity contribution in [1.82, 2.24) is 0 Å². The van der Waals surface area contributed by atoms with E-state index in [2.05, 4.69) is 26.2 Å². The number of nitrogens with one attached hydrogen (secondary N) is 1. The molecule has 1 N–H and O–H groups in total. The molecule has 0 fully saturated rings. The molecule has 0 aromatic heterocycles. The van der Waals surface area contributed by atoms with Crippen LogP contribution in [0.4, 0.5) is 5.69 Å². The van der Waals surface area contributed by atoms with E-state index >= 15 is 0 Å². The number of nitrogens with zero attached hydrogens (tertiary/aromatic N) is 1. The van der Waals surface area contributed by atoms with Crippen LogP contribution in [-0.2, 0) is 4.79 Å². The Labute approximate surface area is 119 Å². The summed E-state index contributed by atoms with van der Waals surface area (Å²) in [4.78, 5) is 16.1. The first-order chi connectivity index (χ1) is 9.25. The zero-order valence-electron chi connectivity index (χ0n) is 10.1. The number of amides is 1. The highest BCUT2D eigenvalue weighted by Gasteiger charge is 2.18. The summed E-state index contributed by atoms with van der Waals surface area (Å²) in [6.07, 6.45) is 0. The molecule has 0 spiro atoms. The monoisotopic (exact) mass is 314 g/mol. The van der Waals surface area contributed by atoms with Crippen LogP contribution in [0.1, 0.15) is 11.1 Å². The smallest absolute Gasteiger partial charge is 0.246 e. The first kappa shape index (κ1) is 12.1. The molecule has 3 nitrogen and oxygen atoms in total. The summed E-state index contributed by atoms with van der Waals surface area (Å²) >= 11 is 3.54. The van der Waals surface area contributed by atoms with Gasteiger partial charge in [-0.2, -0.15) is 0 Å². The number of para-hydroxylation sites is 1. The zero-order valence-corrected chi connectivity index (χ0v) is 11.6. The fraction of sp³-hybridized carbons (Fsp3) is 0.0667. The lowest BCUT2D eigenvalue weighted by Gasteiger charge is -2.10. The fourth-order valence-electron chi connectivity index (χ4n) is 2.11. The number of rotatable bonds is 1. The maximum atomic E-state index is 11.7. The van der Waals surface area contributed by atoms with E-state index in [-0.39, 0.29) is 12.5 Å². The predicted molar refractivity (Wildman–Crippen MR) is 79.7 cm³/mol. The molecular formula is C15H11BrN2O. The third-order valence-corrected chi connectivity index (χ3v) is 3.66. The Kier molecular flexibility index (Phi) is 3.17. The lowest BCUT2D eigenvalue weighted by Crippen LogP contribution is -2.13. The molecule has 3 rings (SSSR count). The maximum Gasteiger partial charge on any atom is 0.246 e. The van der Waals surface area contributed by atoms with Gasteiger partial charge in [-0.3, -0.25) is 9.79 Å². The van der Waals surface area contributed by atoms with Crippen molar-refractivity contribution in [2.75, 3.05) is 11.9 Å². The summed E-state index contributed by atoms with van der Waals surface area (Å²) in [5.74, 6) is -0.0884. The molecule has 1 aliphatic heterocycles. The van der Waals surface area contributed by atoms with Crippen LogP contribution in [0, 0.1) is 0 Å². The van der Waals surface area contributed by atoms with Crippen LogP contribution in [-0.4, -0.2) is 18.2 Å².